The number of nitrogens with one attached hydrogen (secondary N) is 2. The van der Waals surface area contributed by atoms with Gasteiger partial charge < -0.3 is 14.7 Å². The molecule has 0 fully saturated rings. The molecule has 0 saturated carbocycles. The third-order valence-corrected chi connectivity index (χ3v) is 2.88. The van der Waals surface area contributed by atoms with E-state index < -0.39 is 35.9 Å². The van der Waals surface area contributed by atoms with Crippen molar-refractivity contribution in [3.63, 3.8) is 0 Å². The summed E-state index contributed by atoms with van der Waals surface area (Å²) in [7, 11) is 1.23. The first-order valence-electron chi connectivity index (χ1n) is 6.83. The van der Waals surface area contributed by atoms with Gasteiger partial charge >= 0.3 is 12.1 Å². The summed E-state index contributed by atoms with van der Waals surface area (Å²) in [6.07, 6.45) is -0.727. The number of carbonyl (C=O) groups excluding carboxylic acids is 2. The monoisotopic (exact) mass is 374 g/mol. The number of ether oxygens (including phenoxy) is 1. The minimum absolute atomic E-state index is 0.0456. The summed E-state index contributed by atoms with van der Waals surface area (Å²) < 4.78 is 5.06. The molecule has 1 aromatic heterocycles. The van der Waals surface area contributed by atoms with Crippen molar-refractivity contribution in [3.05, 3.63) is 11.1 Å². The van der Waals surface area contributed by atoms with E-state index in [1.54, 1.807) is 20.8 Å². The Kier molecular flexibility index (Phi) is 7.26. The van der Waals surface area contributed by atoms with Crippen LogP contribution in [0.15, 0.2) is 10.5 Å². The molecular formula is C13H18N4O7S. The number of aromatic nitrogens is 1. The zero-order valence-electron chi connectivity index (χ0n) is 14.0. The summed E-state index contributed by atoms with van der Waals surface area (Å²) in [5.41, 5.74) is 0.716. The number of anilines is 1. The minimum Gasteiger partial charge on any atom is -0.476 e. The lowest BCUT2D eigenvalue weighted by Gasteiger charge is -2.18. The molecule has 0 aliphatic carbocycles. The lowest BCUT2D eigenvalue weighted by Crippen LogP contribution is -2.27. The first-order valence-corrected chi connectivity index (χ1v) is 7.71. The van der Waals surface area contributed by atoms with E-state index in [1.165, 1.54) is 12.5 Å². The van der Waals surface area contributed by atoms with Crippen LogP contribution in [0.4, 0.5) is 9.93 Å². The normalized spacial score (nSPS) is 11.6. The molecule has 2 amide bonds. The van der Waals surface area contributed by atoms with Crippen molar-refractivity contribution in [1.29, 1.82) is 0 Å². The lowest BCUT2D eigenvalue weighted by molar-refractivity contribution is -0.136. The number of carboxylic acids is 1. The average molecular weight is 374 g/mol. The number of oxime groups is 1. The molecule has 138 valence electrons. The smallest absolute Gasteiger partial charge is 0.413 e. The Morgan fingerprint density at radius 3 is 2.60 bits per heavy atom. The van der Waals surface area contributed by atoms with Crippen LogP contribution < -0.4 is 10.8 Å². The molecule has 1 aromatic rings. The van der Waals surface area contributed by atoms with Crippen LogP contribution in [0.5, 0.6) is 0 Å². The van der Waals surface area contributed by atoms with E-state index in [-0.39, 0.29) is 10.8 Å². The number of thiazole rings is 1. The summed E-state index contributed by atoms with van der Waals surface area (Å²) in [5.74, 6) is -2.07. The number of hydrogen-bond donors (Lipinski definition) is 3. The first kappa shape index (κ1) is 20.3. The van der Waals surface area contributed by atoms with E-state index >= 15 is 0 Å². The molecule has 1 heterocycles. The Morgan fingerprint density at radius 1 is 1.36 bits per heavy atom. The van der Waals surface area contributed by atoms with Crippen LogP contribution in [0.3, 0.4) is 0 Å². The lowest BCUT2D eigenvalue weighted by atomic mass is 10.2. The Bertz CT molecular complexity index is 666. The fourth-order valence-electron chi connectivity index (χ4n) is 1.32. The van der Waals surface area contributed by atoms with Gasteiger partial charge in [-0.05, 0) is 20.8 Å². The summed E-state index contributed by atoms with van der Waals surface area (Å²) in [6.45, 7) is 4.56. The third kappa shape index (κ3) is 7.58. The summed E-state index contributed by atoms with van der Waals surface area (Å²) in [6, 6.07) is 0. The summed E-state index contributed by atoms with van der Waals surface area (Å²) in [5, 5.41) is 16.4. The second-order valence-corrected chi connectivity index (χ2v) is 6.27. The van der Waals surface area contributed by atoms with Gasteiger partial charge in [-0.3, -0.25) is 14.9 Å². The van der Waals surface area contributed by atoms with Crippen molar-refractivity contribution in [2.24, 2.45) is 5.16 Å². The molecule has 0 radical (unpaired) electrons. The molecule has 12 heteroatoms. The van der Waals surface area contributed by atoms with Crippen LogP contribution in [0.2, 0.25) is 0 Å². The maximum absolute atomic E-state index is 11.7. The van der Waals surface area contributed by atoms with Gasteiger partial charge in [-0.2, -0.15) is 0 Å². The van der Waals surface area contributed by atoms with E-state index in [0.717, 1.165) is 11.3 Å². The van der Waals surface area contributed by atoms with Crippen molar-refractivity contribution in [3.8, 4) is 0 Å². The number of hydroxylamine groups is 1. The summed E-state index contributed by atoms with van der Waals surface area (Å²) in [4.78, 5) is 46.9. The van der Waals surface area contributed by atoms with Crippen molar-refractivity contribution in [1.82, 2.24) is 10.5 Å². The Hall–Kier alpha value is -2.73. The summed E-state index contributed by atoms with van der Waals surface area (Å²) >= 11 is 0.975. The zero-order valence-corrected chi connectivity index (χ0v) is 14.8. The van der Waals surface area contributed by atoms with Crippen LogP contribution in [-0.4, -0.2) is 53.1 Å². The van der Waals surface area contributed by atoms with Crippen molar-refractivity contribution in [2.45, 2.75) is 26.4 Å². The molecule has 0 atom stereocenters. The van der Waals surface area contributed by atoms with E-state index in [2.05, 4.69) is 25.1 Å². The third-order valence-electron chi connectivity index (χ3n) is 2.12. The number of rotatable bonds is 7. The van der Waals surface area contributed by atoms with E-state index in [9.17, 15) is 14.4 Å². The average Bonchev–Trinajstić information content (AvgIpc) is 2.89. The first-order chi connectivity index (χ1) is 11.6. The zero-order chi connectivity index (χ0) is 19.0. The van der Waals surface area contributed by atoms with Crippen LogP contribution in [0.25, 0.3) is 0 Å². The van der Waals surface area contributed by atoms with Gasteiger partial charge in [0.25, 0.3) is 5.91 Å². The fraction of sp³-hybridized carbons (Fsp3) is 0.462. The maximum Gasteiger partial charge on any atom is 0.413 e. The van der Waals surface area contributed by atoms with Gasteiger partial charge in [0, 0.05) is 5.38 Å². The molecule has 0 saturated heterocycles. The maximum atomic E-state index is 11.7. The SMILES string of the molecule is CONC(=O)CO/N=C(\C(=O)O)c1csc(NC(=O)OC(C)(C)C)n1. The number of nitrogens with zero attached hydrogens (tertiary/aromatic N) is 2. The van der Waals surface area contributed by atoms with Crippen molar-refractivity contribution < 1.29 is 33.9 Å². The molecule has 0 bridgehead atoms. The van der Waals surface area contributed by atoms with Crippen molar-refractivity contribution >= 4 is 40.1 Å². The number of carbonyl (C=O) groups is 3. The van der Waals surface area contributed by atoms with Crippen LogP contribution in [0, 0.1) is 0 Å². The van der Waals surface area contributed by atoms with Gasteiger partial charge in [-0.15, -0.1) is 11.3 Å². The van der Waals surface area contributed by atoms with Crippen molar-refractivity contribution in [2.75, 3.05) is 19.0 Å². The largest absolute Gasteiger partial charge is 0.476 e. The van der Waals surface area contributed by atoms with Crippen LogP contribution in [0.1, 0.15) is 26.5 Å². The minimum atomic E-state index is -1.42. The van der Waals surface area contributed by atoms with Gasteiger partial charge in [0.1, 0.15) is 11.3 Å². The van der Waals surface area contributed by atoms with Crippen LogP contribution >= 0.6 is 11.3 Å². The molecule has 25 heavy (non-hydrogen) atoms. The highest BCUT2D eigenvalue weighted by Crippen LogP contribution is 2.18. The van der Waals surface area contributed by atoms with Gasteiger partial charge in [0.2, 0.25) is 5.71 Å². The number of carboxylic acid groups (broad SMARTS) is 1. The highest BCUT2D eigenvalue weighted by atomic mass is 32.1. The predicted octanol–water partition coefficient (Wildman–Crippen LogP) is 0.973. The topological polar surface area (TPSA) is 148 Å². The van der Waals surface area contributed by atoms with E-state index in [4.69, 9.17) is 9.84 Å². The van der Waals surface area contributed by atoms with E-state index in [1.807, 2.05) is 5.48 Å². The molecule has 0 aromatic carbocycles. The quantitative estimate of drug-likeness (QED) is 0.472. The molecular weight excluding hydrogens is 356 g/mol. The standard InChI is InChI=1S/C13H18N4O7S/c1-13(2,3)24-12(21)15-11-14-7(6-25-11)9(10(19)20)17-23-5-8(18)16-22-4/h6H,5H2,1-4H3,(H,16,18)(H,19,20)(H,14,15,21)/b17-9-. The van der Waals surface area contributed by atoms with Gasteiger partial charge in [0.15, 0.2) is 11.7 Å². The number of hydrogen-bond acceptors (Lipinski definition) is 9. The molecule has 11 nitrogen and oxygen atoms in total. The molecule has 0 aliphatic heterocycles. The molecule has 3 N–H and O–H groups in total. The van der Waals surface area contributed by atoms with Gasteiger partial charge in [-0.1, -0.05) is 5.16 Å². The Labute approximate surface area is 146 Å². The highest BCUT2D eigenvalue weighted by Gasteiger charge is 2.20. The van der Waals surface area contributed by atoms with E-state index in [0.29, 0.717) is 0 Å². The predicted molar refractivity (Wildman–Crippen MR) is 87.2 cm³/mol. The Balaban J connectivity index is 2.76. The fourth-order valence-corrected chi connectivity index (χ4v) is 2.01. The Morgan fingerprint density at radius 2 is 2.04 bits per heavy atom. The van der Waals surface area contributed by atoms with Gasteiger partial charge in [-0.25, -0.2) is 20.1 Å². The number of amides is 2. The second-order valence-electron chi connectivity index (χ2n) is 5.41. The molecule has 0 unspecified atom stereocenters. The molecule has 1 rings (SSSR count). The molecule has 0 spiro atoms. The number of aliphatic carboxylic acids is 1. The van der Waals surface area contributed by atoms with Gasteiger partial charge in [0.05, 0.1) is 7.11 Å². The second kappa shape index (κ2) is 8.94. The highest BCUT2D eigenvalue weighted by molar-refractivity contribution is 7.14. The van der Waals surface area contributed by atoms with Crippen LogP contribution in [-0.2, 0) is 24.0 Å². The molecule has 0 aliphatic rings.